The van der Waals surface area contributed by atoms with Gasteiger partial charge in [-0.15, -0.1) is 0 Å². The Bertz CT molecular complexity index is 418. The molecule has 0 amide bonds. The van der Waals surface area contributed by atoms with E-state index < -0.39 is 0 Å². The predicted molar refractivity (Wildman–Crippen MR) is 114 cm³/mol. The second kappa shape index (κ2) is 11.8. The van der Waals surface area contributed by atoms with Crippen molar-refractivity contribution in [3.05, 3.63) is 0 Å². The van der Waals surface area contributed by atoms with E-state index in [2.05, 4.69) is 41.5 Å². The fourth-order valence-electron chi connectivity index (χ4n) is 3.66. The molecule has 0 atom stereocenters. The topological polar surface area (TPSA) is 52.6 Å². The van der Waals surface area contributed by atoms with Crippen LogP contribution in [0.5, 0.6) is 0 Å². The Labute approximate surface area is 173 Å². The number of esters is 2. The Balaban J connectivity index is 2.13. The van der Waals surface area contributed by atoms with Crippen molar-refractivity contribution in [2.45, 2.75) is 106 Å². The van der Waals surface area contributed by atoms with Gasteiger partial charge < -0.3 is 9.47 Å². The molecule has 4 nitrogen and oxygen atoms in total. The Kier molecular flexibility index (Phi) is 10.5. The first-order chi connectivity index (χ1) is 13.0. The number of hydrogen-bond acceptors (Lipinski definition) is 4. The zero-order valence-corrected chi connectivity index (χ0v) is 19.3. The standard InChI is InChI=1S/C24H44O4/c1-23(2,3)15-7-9-17-27-21(25)19-11-13-20(14-12-19)22(26)28-18-10-8-16-24(4,5)6/h19-20H,7-18H2,1-6H3. The highest BCUT2D eigenvalue weighted by Crippen LogP contribution is 2.31. The highest BCUT2D eigenvalue weighted by molar-refractivity contribution is 5.75. The zero-order chi connectivity index (χ0) is 21.2. The molecule has 0 aromatic heterocycles. The first-order valence-electron chi connectivity index (χ1n) is 11.3. The van der Waals surface area contributed by atoms with Crippen molar-refractivity contribution in [2.24, 2.45) is 22.7 Å². The van der Waals surface area contributed by atoms with E-state index in [1.54, 1.807) is 0 Å². The van der Waals surface area contributed by atoms with Crippen LogP contribution < -0.4 is 0 Å². The number of hydrogen-bond donors (Lipinski definition) is 0. The van der Waals surface area contributed by atoms with Gasteiger partial charge in [-0.3, -0.25) is 9.59 Å². The molecule has 0 aliphatic heterocycles. The lowest BCUT2D eigenvalue weighted by molar-refractivity contribution is -0.155. The molecule has 0 saturated heterocycles. The fraction of sp³-hybridized carbons (Fsp3) is 0.917. The van der Waals surface area contributed by atoms with Gasteiger partial charge in [-0.1, -0.05) is 41.5 Å². The molecule has 1 fully saturated rings. The van der Waals surface area contributed by atoms with Crippen LogP contribution in [0.3, 0.4) is 0 Å². The van der Waals surface area contributed by atoms with E-state index >= 15 is 0 Å². The molecule has 1 aliphatic carbocycles. The van der Waals surface area contributed by atoms with Gasteiger partial charge in [0, 0.05) is 0 Å². The molecule has 1 saturated carbocycles. The van der Waals surface area contributed by atoms with Gasteiger partial charge in [0.1, 0.15) is 0 Å². The smallest absolute Gasteiger partial charge is 0.308 e. The highest BCUT2D eigenvalue weighted by atomic mass is 16.5. The first kappa shape index (κ1) is 25.0. The summed E-state index contributed by atoms with van der Waals surface area (Å²) in [6, 6.07) is 0. The number of carbonyl (C=O) groups is 2. The zero-order valence-electron chi connectivity index (χ0n) is 19.3. The van der Waals surface area contributed by atoms with Gasteiger partial charge in [0.2, 0.25) is 0 Å². The van der Waals surface area contributed by atoms with Crippen molar-refractivity contribution in [1.82, 2.24) is 0 Å². The van der Waals surface area contributed by atoms with Crippen LogP contribution in [-0.2, 0) is 19.1 Å². The van der Waals surface area contributed by atoms with Gasteiger partial charge >= 0.3 is 11.9 Å². The lowest BCUT2D eigenvalue weighted by Gasteiger charge is -2.26. The Hall–Kier alpha value is -1.06. The van der Waals surface area contributed by atoms with E-state index in [1.807, 2.05) is 0 Å². The van der Waals surface area contributed by atoms with Crippen LogP contribution in [0.25, 0.3) is 0 Å². The van der Waals surface area contributed by atoms with E-state index in [4.69, 9.17) is 9.47 Å². The Morgan fingerprint density at radius 1 is 0.643 bits per heavy atom. The predicted octanol–water partition coefficient (Wildman–Crippen LogP) is 6.31. The second-order valence-electron chi connectivity index (χ2n) is 10.9. The average molecular weight is 397 g/mol. The van der Waals surface area contributed by atoms with Crippen LogP contribution in [0.1, 0.15) is 106 Å². The fourth-order valence-corrected chi connectivity index (χ4v) is 3.66. The van der Waals surface area contributed by atoms with Crippen molar-refractivity contribution >= 4 is 11.9 Å². The summed E-state index contributed by atoms with van der Waals surface area (Å²) in [6.45, 7) is 14.4. The minimum Gasteiger partial charge on any atom is -0.465 e. The van der Waals surface area contributed by atoms with Crippen LogP contribution in [0.2, 0.25) is 0 Å². The summed E-state index contributed by atoms with van der Waals surface area (Å²) in [5.41, 5.74) is 0.674. The Morgan fingerprint density at radius 2 is 0.964 bits per heavy atom. The summed E-state index contributed by atoms with van der Waals surface area (Å²) < 4.78 is 10.9. The highest BCUT2D eigenvalue weighted by Gasteiger charge is 2.31. The molecular weight excluding hydrogens is 352 g/mol. The Morgan fingerprint density at radius 3 is 1.25 bits per heavy atom. The van der Waals surface area contributed by atoms with Gasteiger partial charge in [-0.05, 0) is 75.0 Å². The van der Waals surface area contributed by atoms with Crippen molar-refractivity contribution in [3.8, 4) is 0 Å². The van der Waals surface area contributed by atoms with Gasteiger partial charge in [-0.2, -0.15) is 0 Å². The van der Waals surface area contributed by atoms with Gasteiger partial charge in [0.25, 0.3) is 0 Å². The molecule has 164 valence electrons. The molecular formula is C24H44O4. The second-order valence-corrected chi connectivity index (χ2v) is 10.9. The van der Waals surface area contributed by atoms with Gasteiger partial charge in [-0.25, -0.2) is 0 Å². The minimum atomic E-state index is -0.0789. The SMILES string of the molecule is CC(C)(C)CCCCOC(=O)C1CCC(C(=O)OCCCCC(C)(C)C)CC1. The lowest BCUT2D eigenvalue weighted by atomic mass is 9.82. The van der Waals surface area contributed by atoms with E-state index in [9.17, 15) is 9.59 Å². The monoisotopic (exact) mass is 396 g/mol. The molecule has 1 aliphatic rings. The molecule has 0 bridgehead atoms. The maximum atomic E-state index is 12.2. The van der Waals surface area contributed by atoms with Crippen molar-refractivity contribution in [1.29, 1.82) is 0 Å². The van der Waals surface area contributed by atoms with Crippen LogP contribution in [0.15, 0.2) is 0 Å². The number of rotatable bonds is 10. The quantitative estimate of drug-likeness (QED) is 0.320. The van der Waals surface area contributed by atoms with E-state index in [0.717, 1.165) is 64.2 Å². The third-order valence-electron chi connectivity index (χ3n) is 5.52. The van der Waals surface area contributed by atoms with Crippen LogP contribution in [0, 0.1) is 22.7 Å². The van der Waals surface area contributed by atoms with Crippen LogP contribution in [-0.4, -0.2) is 25.2 Å². The average Bonchev–Trinajstić information content (AvgIpc) is 2.59. The third-order valence-corrected chi connectivity index (χ3v) is 5.52. The molecule has 0 radical (unpaired) electrons. The molecule has 1 rings (SSSR count). The molecule has 0 unspecified atom stereocenters. The normalized spacial score (nSPS) is 20.6. The summed E-state index contributed by atoms with van der Waals surface area (Å²) in [4.78, 5) is 24.4. The summed E-state index contributed by atoms with van der Waals surface area (Å²) >= 11 is 0. The summed E-state index contributed by atoms with van der Waals surface area (Å²) in [5, 5.41) is 0. The van der Waals surface area contributed by atoms with Crippen LogP contribution in [0.4, 0.5) is 0 Å². The first-order valence-corrected chi connectivity index (χ1v) is 11.3. The van der Waals surface area contributed by atoms with E-state index in [0.29, 0.717) is 24.0 Å². The van der Waals surface area contributed by atoms with Crippen molar-refractivity contribution in [2.75, 3.05) is 13.2 Å². The molecule has 28 heavy (non-hydrogen) atoms. The molecule has 0 N–H and O–H groups in total. The lowest BCUT2D eigenvalue weighted by Crippen LogP contribution is -2.28. The van der Waals surface area contributed by atoms with Gasteiger partial charge in [0.15, 0.2) is 0 Å². The molecule has 0 aromatic carbocycles. The summed E-state index contributed by atoms with van der Waals surface area (Å²) in [5.74, 6) is -0.244. The number of ether oxygens (including phenoxy) is 2. The van der Waals surface area contributed by atoms with Gasteiger partial charge in [0.05, 0.1) is 25.0 Å². The summed E-state index contributed by atoms with van der Waals surface area (Å²) in [7, 11) is 0. The maximum absolute atomic E-state index is 12.2. The molecule has 4 heteroatoms. The number of carbonyl (C=O) groups excluding carboxylic acids is 2. The molecule has 0 heterocycles. The largest absolute Gasteiger partial charge is 0.465 e. The summed E-state index contributed by atoms with van der Waals surface area (Å²) in [6.07, 6.45) is 9.29. The van der Waals surface area contributed by atoms with Crippen molar-refractivity contribution < 1.29 is 19.1 Å². The van der Waals surface area contributed by atoms with Crippen LogP contribution >= 0.6 is 0 Å². The minimum absolute atomic E-state index is 0.0431. The van der Waals surface area contributed by atoms with E-state index in [1.165, 1.54) is 0 Å². The molecule has 0 spiro atoms. The van der Waals surface area contributed by atoms with Crippen molar-refractivity contribution in [3.63, 3.8) is 0 Å². The molecule has 0 aromatic rings. The third kappa shape index (κ3) is 11.7. The maximum Gasteiger partial charge on any atom is 0.308 e. The number of unbranched alkanes of at least 4 members (excludes halogenated alkanes) is 2. The van der Waals surface area contributed by atoms with E-state index in [-0.39, 0.29) is 23.8 Å².